The SMILES string of the molecule is CC(=O)O[C@H]1C(=O)[C@@]2(C)[C@H]([C@H](OC(=O)c3ccccc3)[C@]3(O)C[C@H](OC(=O)[C@H](O)[C@@H](NC(=O)Oc4ccccc4)C(C)(C)C)C(C)=C1C3(C)C)[C@]1(OC(C)=O)CO[C@@H]1C[C@@H]2O. The highest BCUT2D eigenvalue weighted by molar-refractivity contribution is 5.95. The smallest absolute Gasteiger partial charge is 0.412 e. The van der Waals surface area contributed by atoms with Gasteiger partial charge in [-0.25, -0.2) is 14.4 Å². The summed E-state index contributed by atoms with van der Waals surface area (Å²) in [5.74, 6) is -6.06. The van der Waals surface area contributed by atoms with Crippen LogP contribution in [0.4, 0.5) is 4.79 Å². The number of hydrogen-bond donors (Lipinski definition) is 4. The van der Waals surface area contributed by atoms with Crippen molar-refractivity contribution in [2.45, 2.75) is 129 Å². The van der Waals surface area contributed by atoms with Crippen LogP contribution in [-0.2, 0) is 42.9 Å². The number of nitrogens with one attached hydrogen (secondary N) is 1. The van der Waals surface area contributed by atoms with E-state index in [4.69, 9.17) is 28.4 Å². The Balaban J connectivity index is 1.51. The number of amides is 1. The molecular formula is C45H55NO15. The zero-order valence-electron chi connectivity index (χ0n) is 35.8. The molecule has 6 rings (SSSR count). The molecule has 0 spiro atoms. The van der Waals surface area contributed by atoms with Crippen molar-refractivity contribution in [1.82, 2.24) is 5.32 Å². The number of rotatable bonds is 9. The molecule has 16 nitrogen and oxygen atoms in total. The van der Waals surface area contributed by atoms with Gasteiger partial charge in [0.25, 0.3) is 0 Å². The van der Waals surface area contributed by atoms with E-state index in [-0.39, 0.29) is 35.5 Å². The van der Waals surface area contributed by atoms with Gasteiger partial charge in [-0.3, -0.25) is 14.4 Å². The van der Waals surface area contributed by atoms with Crippen LogP contribution >= 0.6 is 0 Å². The molecule has 0 unspecified atom stereocenters. The maximum atomic E-state index is 15.4. The van der Waals surface area contributed by atoms with Crippen LogP contribution in [0.3, 0.4) is 0 Å². The largest absolute Gasteiger partial charge is 0.456 e. The van der Waals surface area contributed by atoms with Gasteiger partial charge in [0.1, 0.15) is 29.7 Å². The summed E-state index contributed by atoms with van der Waals surface area (Å²) in [6.45, 7) is 12.9. The van der Waals surface area contributed by atoms with Gasteiger partial charge in [-0.15, -0.1) is 0 Å². The molecule has 4 aliphatic rings. The van der Waals surface area contributed by atoms with E-state index in [0.29, 0.717) is 0 Å². The normalized spacial score (nSPS) is 32.5. The summed E-state index contributed by atoms with van der Waals surface area (Å²) in [4.78, 5) is 82.8. The molecule has 2 aromatic rings. The van der Waals surface area contributed by atoms with Crippen molar-refractivity contribution >= 4 is 35.8 Å². The second-order valence-electron chi connectivity index (χ2n) is 18.3. The first-order chi connectivity index (χ1) is 28.4. The number of carbonyl (C=O) groups is 6. The minimum Gasteiger partial charge on any atom is -0.456 e. The van der Waals surface area contributed by atoms with Gasteiger partial charge in [0.15, 0.2) is 23.6 Å². The van der Waals surface area contributed by atoms with Gasteiger partial charge >= 0.3 is 30.0 Å². The van der Waals surface area contributed by atoms with Crippen molar-refractivity contribution in [3.63, 3.8) is 0 Å². The summed E-state index contributed by atoms with van der Waals surface area (Å²) < 4.78 is 35.5. The van der Waals surface area contributed by atoms with Crippen LogP contribution in [-0.4, -0.2) is 112 Å². The van der Waals surface area contributed by atoms with Gasteiger partial charge in [-0.2, -0.15) is 0 Å². The van der Waals surface area contributed by atoms with E-state index in [9.17, 15) is 39.3 Å². The Morgan fingerprint density at radius 2 is 1.51 bits per heavy atom. The molecule has 4 N–H and O–H groups in total. The van der Waals surface area contributed by atoms with Crippen LogP contribution in [0, 0.1) is 22.2 Å². The highest BCUT2D eigenvalue weighted by Gasteiger charge is 2.78. The maximum absolute atomic E-state index is 15.4. The molecule has 1 heterocycles. The molecule has 1 saturated heterocycles. The van der Waals surface area contributed by atoms with E-state index in [1.807, 2.05) is 0 Å². The lowest BCUT2D eigenvalue weighted by molar-refractivity contribution is -0.346. The summed E-state index contributed by atoms with van der Waals surface area (Å²) in [7, 11) is 0. The molecule has 3 aliphatic carbocycles. The number of ketones is 1. The third-order valence-corrected chi connectivity index (χ3v) is 13.2. The molecule has 1 aliphatic heterocycles. The van der Waals surface area contributed by atoms with Crippen LogP contribution in [0.2, 0.25) is 0 Å². The predicted molar refractivity (Wildman–Crippen MR) is 213 cm³/mol. The summed E-state index contributed by atoms with van der Waals surface area (Å²) in [5, 5.41) is 39.8. The third kappa shape index (κ3) is 7.83. The lowest BCUT2D eigenvalue weighted by atomic mass is 9.44. The number of benzene rings is 2. The summed E-state index contributed by atoms with van der Waals surface area (Å²) in [5.41, 5.74) is -8.62. The number of hydrogen-bond acceptors (Lipinski definition) is 15. The van der Waals surface area contributed by atoms with Crippen molar-refractivity contribution in [3.8, 4) is 5.75 Å². The minimum absolute atomic E-state index is 0.00757. The summed E-state index contributed by atoms with van der Waals surface area (Å²) in [6.07, 6.45) is -11.5. The zero-order chi connectivity index (χ0) is 45.0. The van der Waals surface area contributed by atoms with Gasteiger partial charge in [-0.1, -0.05) is 71.0 Å². The van der Waals surface area contributed by atoms with Crippen LogP contribution in [0.15, 0.2) is 71.8 Å². The fourth-order valence-electron chi connectivity index (χ4n) is 9.88. The molecule has 16 heteroatoms. The van der Waals surface area contributed by atoms with Crippen molar-refractivity contribution in [2.24, 2.45) is 22.2 Å². The van der Waals surface area contributed by atoms with E-state index < -0.39 is 118 Å². The van der Waals surface area contributed by atoms with E-state index >= 15 is 4.79 Å². The fraction of sp³-hybridized carbons (Fsp3) is 0.556. The van der Waals surface area contributed by atoms with Crippen molar-refractivity contribution in [2.75, 3.05) is 6.61 Å². The molecule has 1 amide bonds. The third-order valence-electron chi connectivity index (χ3n) is 13.2. The van der Waals surface area contributed by atoms with Crippen molar-refractivity contribution < 1.29 is 72.5 Å². The van der Waals surface area contributed by atoms with Gasteiger partial charge in [0.05, 0.1) is 35.6 Å². The topological polar surface area (TPSA) is 231 Å². The minimum atomic E-state index is -2.39. The summed E-state index contributed by atoms with van der Waals surface area (Å²) in [6, 6.07) is 14.7. The average Bonchev–Trinajstić information content (AvgIpc) is 3.17. The lowest BCUT2D eigenvalue weighted by Gasteiger charge is -2.67. The number of fused-ring (bicyclic) bond motifs is 5. The Labute approximate surface area is 353 Å². The summed E-state index contributed by atoms with van der Waals surface area (Å²) >= 11 is 0. The first-order valence-corrected chi connectivity index (χ1v) is 20.2. The van der Waals surface area contributed by atoms with Crippen LogP contribution in [0.5, 0.6) is 5.75 Å². The van der Waals surface area contributed by atoms with Gasteiger partial charge < -0.3 is 49.1 Å². The van der Waals surface area contributed by atoms with Gasteiger partial charge in [0.2, 0.25) is 0 Å². The molecular weight excluding hydrogens is 794 g/mol. The van der Waals surface area contributed by atoms with Crippen LogP contribution in [0.25, 0.3) is 0 Å². The first-order valence-electron chi connectivity index (χ1n) is 20.2. The Bertz CT molecular complexity index is 2100. The molecule has 61 heavy (non-hydrogen) atoms. The maximum Gasteiger partial charge on any atom is 0.412 e. The Morgan fingerprint density at radius 1 is 0.902 bits per heavy atom. The average molecular weight is 850 g/mol. The zero-order valence-corrected chi connectivity index (χ0v) is 35.8. The van der Waals surface area contributed by atoms with Crippen molar-refractivity contribution in [1.29, 1.82) is 0 Å². The molecule has 3 fully saturated rings. The molecule has 2 aromatic carbocycles. The molecule has 330 valence electrons. The Morgan fingerprint density at radius 3 is 2.05 bits per heavy atom. The number of esters is 4. The van der Waals surface area contributed by atoms with E-state index in [1.54, 1.807) is 83.1 Å². The molecule has 0 radical (unpaired) electrons. The lowest BCUT2D eigenvalue weighted by Crippen LogP contribution is -2.82. The Hall–Kier alpha value is -5.16. The van der Waals surface area contributed by atoms with Crippen LogP contribution < -0.4 is 10.1 Å². The van der Waals surface area contributed by atoms with Gasteiger partial charge in [0, 0.05) is 32.1 Å². The molecule has 0 aromatic heterocycles. The van der Waals surface area contributed by atoms with Gasteiger partial charge in [-0.05, 0) is 54.7 Å². The molecule has 2 bridgehead atoms. The second kappa shape index (κ2) is 16.3. The number of aliphatic hydroxyl groups is 3. The van der Waals surface area contributed by atoms with E-state index in [0.717, 1.165) is 13.8 Å². The standard InChI is InChI=1S/C45H55NO15/c1-23-28(59-39(53)32(50)35(41(4,5)6)46-40(54)58-27-18-14-11-15-19-27)21-45(55)37(60-38(52)26-16-12-10-13-17-26)34-43(9,29(49)20-30-44(34,22-56-30)61-25(3)48)36(51)33(57-24(2)47)31(23)42(45,7)8/h10-19,28-30,32-35,37,49-50,55H,20-22H2,1-9H3,(H,46,54)/t28-,29-,30+,32+,33+,34-,35+,37-,43+,44-,45+/m0/s1. The number of ether oxygens (including phenoxy) is 6. The molecule has 11 atom stereocenters. The molecule has 2 saturated carbocycles. The highest BCUT2D eigenvalue weighted by Crippen LogP contribution is 2.64. The van der Waals surface area contributed by atoms with Crippen molar-refractivity contribution in [3.05, 3.63) is 77.4 Å². The van der Waals surface area contributed by atoms with E-state index in [1.165, 1.54) is 26.0 Å². The monoisotopic (exact) mass is 849 g/mol. The fourth-order valence-corrected chi connectivity index (χ4v) is 9.88. The van der Waals surface area contributed by atoms with E-state index in [2.05, 4.69) is 5.32 Å². The number of carbonyl (C=O) groups excluding carboxylic acids is 6. The second-order valence-corrected chi connectivity index (χ2v) is 18.3. The first kappa shape index (κ1) is 45.4. The highest BCUT2D eigenvalue weighted by atomic mass is 16.6. The Kier molecular flexibility index (Phi) is 12.1. The number of para-hydroxylation sites is 1. The number of aliphatic hydroxyl groups excluding tert-OH is 2. The predicted octanol–water partition coefficient (Wildman–Crippen LogP) is 3.77. The number of Topliss-reactive ketones (excluding diaryl/α,β-unsaturated/α-hetero) is 1. The van der Waals surface area contributed by atoms with Crippen LogP contribution in [0.1, 0.15) is 85.5 Å². The quantitative estimate of drug-likeness (QED) is 0.160.